The zero-order valence-corrected chi connectivity index (χ0v) is 14.0. The van der Waals surface area contributed by atoms with E-state index < -0.39 is 16.0 Å². The SMILES string of the molecule is COC(=O)c1cc(S(=O)(=O)Nc2cnnn2C)ccc1I. The van der Waals surface area contributed by atoms with Gasteiger partial charge in [0.05, 0.1) is 23.8 Å². The normalized spacial score (nSPS) is 11.2. The van der Waals surface area contributed by atoms with E-state index >= 15 is 0 Å². The number of hydrogen-bond acceptors (Lipinski definition) is 6. The van der Waals surface area contributed by atoms with Crippen molar-refractivity contribution in [3.63, 3.8) is 0 Å². The highest BCUT2D eigenvalue weighted by Crippen LogP contribution is 2.20. The Hall–Kier alpha value is -1.69. The molecular formula is C11H11IN4O4S. The molecule has 112 valence electrons. The number of benzene rings is 1. The summed E-state index contributed by atoms with van der Waals surface area (Å²) in [6, 6.07) is 4.20. The second-order valence-corrected chi connectivity index (χ2v) is 6.83. The number of nitrogens with zero attached hydrogens (tertiary/aromatic N) is 3. The van der Waals surface area contributed by atoms with Gasteiger partial charge < -0.3 is 4.74 Å². The summed E-state index contributed by atoms with van der Waals surface area (Å²) in [6.45, 7) is 0. The Balaban J connectivity index is 2.41. The number of anilines is 1. The minimum atomic E-state index is -3.85. The predicted molar refractivity (Wildman–Crippen MR) is 82.3 cm³/mol. The number of halogens is 1. The first-order chi connectivity index (χ1) is 9.85. The van der Waals surface area contributed by atoms with Gasteiger partial charge in [0.2, 0.25) is 0 Å². The first kappa shape index (κ1) is 15.7. The van der Waals surface area contributed by atoms with Crippen molar-refractivity contribution in [3.8, 4) is 0 Å². The molecule has 0 amide bonds. The minimum absolute atomic E-state index is 0.0514. The highest BCUT2D eigenvalue weighted by Gasteiger charge is 2.20. The molecule has 0 bridgehead atoms. The van der Waals surface area contributed by atoms with E-state index in [1.54, 1.807) is 7.05 Å². The molecule has 0 aliphatic heterocycles. The fraction of sp³-hybridized carbons (Fsp3) is 0.182. The Morgan fingerprint density at radius 2 is 2.14 bits per heavy atom. The fourth-order valence-corrected chi connectivity index (χ4v) is 3.17. The molecule has 0 unspecified atom stereocenters. The Morgan fingerprint density at radius 1 is 1.43 bits per heavy atom. The van der Waals surface area contributed by atoms with Crippen LogP contribution in [0, 0.1) is 3.57 Å². The van der Waals surface area contributed by atoms with Crippen LogP contribution in [0.5, 0.6) is 0 Å². The van der Waals surface area contributed by atoms with Crippen molar-refractivity contribution in [3.05, 3.63) is 33.5 Å². The van der Waals surface area contributed by atoms with Crippen molar-refractivity contribution in [1.29, 1.82) is 0 Å². The molecule has 2 aromatic rings. The van der Waals surface area contributed by atoms with Gasteiger partial charge in [-0.1, -0.05) is 5.21 Å². The van der Waals surface area contributed by atoms with Crippen molar-refractivity contribution in [2.45, 2.75) is 4.90 Å². The van der Waals surface area contributed by atoms with Gasteiger partial charge in [-0.15, -0.1) is 5.10 Å². The number of rotatable bonds is 4. The molecule has 1 aromatic carbocycles. The molecule has 1 N–H and O–H groups in total. The van der Waals surface area contributed by atoms with Crippen LogP contribution in [0.4, 0.5) is 5.82 Å². The predicted octanol–water partition coefficient (Wildman–Crippen LogP) is 1.01. The van der Waals surface area contributed by atoms with Gasteiger partial charge in [0.15, 0.2) is 5.82 Å². The number of carbonyl (C=O) groups is 1. The summed E-state index contributed by atoms with van der Waals surface area (Å²) in [5, 5.41) is 7.22. The van der Waals surface area contributed by atoms with Crippen LogP contribution in [0.3, 0.4) is 0 Å². The maximum atomic E-state index is 12.3. The molecule has 2 rings (SSSR count). The van der Waals surface area contributed by atoms with Crippen LogP contribution in [0.1, 0.15) is 10.4 Å². The lowest BCUT2D eigenvalue weighted by atomic mass is 10.2. The number of ether oxygens (including phenoxy) is 1. The van der Waals surface area contributed by atoms with E-state index in [9.17, 15) is 13.2 Å². The second kappa shape index (κ2) is 5.97. The Morgan fingerprint density at radius 3 is 2.71 bits per heavy atom. The number of esters is 1. The van der Waals surface area contributed by atoms with Crippen LogP contribution in [0.2, 0.25) is 0 Å². The molecule has 0 aliphatic carbocycles. The first-order valence-electron chi connectivity index (χ1n) is 5.60. The topological polar surface area (TPSA) is 103 Å². The number of sulfonamides is 1. The van der Waals surface area contributed by atoms with E-state index in [-0.39, 0.29) is 16.3 Å². The largest absolute Gasteiger partial charge is 0.465 e. The molecule has 0 saturated heterocycles. The molecule has 0 aliphatic rings. The quantitative estimate of drug-likeness (QED) is 0.583. The van der Waals surface area contributed by atoms with Crippen LogP contribution in [0.25, 0.3) is 0 Å². The molecule has 8 nitrogen and oxygen atoms in total. The maximum absolute atomic E-state index is 12.3. The average molecular weight is 422 g/mol. The standard InChI is InChI=1S/C11H11IN4O4S/c1-16-10(6-13-15-16)14-21(18,19)7-3-4-9(12)8(5-7)11(17)20-2/h3-6,14H,1-2H3. The molecule has 1 heterocycles. The van der Waals surface area contributed by atoms with E-state index in [0.29, 0.717) is 3.57 Å². The molecule has 0 saturated carbocycles. The van der Waals surface area contributed by atoms with Gasteiger partial charge in [0, 0.05) is 10.6 Å². The summed E-state index contributed by atoms with van der Waals surface area (Å²) in [4.78, 5) is 11.6. The third kappa shape index (κ3) is 3.32. The summed E-state index contributed by atoms with van der Waals surface area (Å²) >= 11 is 1.93. The van der Waals surface area contributed by atoms with Crippen molar-refractivity contribution in [1.82, 2.24) is 15.0 Å². The molecular weight excluding hydrogens is 411 g/mol. The zero-order valence-electron chi connectivity index (χ0n) is 11.1. The molecule has 0 fully saturated rings. The lowest BCUT2D eigenvalue weighted by molar-refractivity contribution is 0.0599. The Bertz CT molecular complexity index is 787. The van der Waals surface area contributed by atoms with Crippen molar-refractivity contribution < 1.29 is 17.9 Å². The molecule has 0 radical (unpaired) electrons. The van der Waals surface area contributed by atoms with Crippen LogP contribution in [-0.4, -0.2) is 36.5 Å². The number of hydrogen-bond donors (Lipinski definition) is 1. The number of aromatic nitrogens is 3. The van der Waals surface area contributed by atoms with Gasteiger partial charge in [-0.2, -0.15) is 0 Å². The second-order valence-electron chi connectivity index (χ2n) is 3.98. The summed E-state index contributed by atoms with van der Waals surface area (Å²) in [5.41, 5.74) is 0.184. The highest BCUT2D eigenvalue weighted by molar-refractivity contribution is 14.1. The summed E-state index contributed by atoms with van der Waals surface area (Å²) in [6.07, 6.45) is 1.28. The molecule has 0 spiro atoms. The van der Waals surface area contributed by atoms with Crippen LogP contribution in [0.15, 0.2) is 29.3 Å². The average Bonchev–Trinajstić information content (AvgIpc) is 2.83. The van der Waals surface area contributed by atoms with Gasteiger partial charge >= 0.3 is 5.97 Å². The lowest BCUT2D eigenvalue weighted by Gasteiger charge is -2.09. The third-order valence-corrected chi connectivity index (χ3v) is 4.90. The van der Waals surface area contributed by atoms with Crippen LogP contribution in [-0.2, 0) is 21.8 Å². The first-order valence-corrected chi connectivity index (χ1v) is 8.16. The Labute approximate surface area is 134 Å². The van der Waals surface area contributed by atoms with Gasteiger partial charge in [-0.25, -0.2) is 17.9 Å². The van der Waals surface area contributed by atoms with Gasteiger partial charge in [0.25, 0.3) is 10.0 Å². The van der Waals surface area contributed by atoms with Gasteiger partial charge in [-0.05, 0) is 40.8 Å². The van der Waals surface area contributed by atoms with Crippen molar-refractivity contribution in [2.24, 2.45) is 7.05 Å². The highest BCUT2D eigenvalue weighted by atomic mass is 127. The van der Waals surface area contributed by atoms with E-state index in [4.69, 9.17) is 0 Å². The maximum Gasteiger partial charge on any atom is 0.338 e. The summed E-state index contributed by atoms with van der Waals surface area (Å²) in [5.74, 6) is -0.383. The molecule has 0 atom stereocenters. The number of methoxy groups -OCH3 is 1. The molecule has 10 heteroatoms. The minimum Gasteiger partial charge on any atom is -0.465 e. The van der Waals surface area contributed by atoms with Gasteiger partial charge in [0.1, 0.15) is 0 Å². The smallest absolute Gasteiger partial charge is 0.338 e. The van der Waals surface area contributed by atoms with E-state index in [2.05, 4.69) is 19.8 Å². The fourth-order valence-electron chi connectivity index (χ4n) is 1.52. The Kier molecular flexibility index (Phi) is 4.46. The third-order valence-electron chi connectivity index (χ3n) is 2.61. The zero-order chi connectivity index (χ0) is 15.6. The van der Waals surface area contributed by atoms with Crippen LogP contribution >= 0.6 is 22.6 Å². The number of nitrogens with one attached hydrogen (secondary N) is 1. The van der Waals surface area contributed by atoms with E-state index in [1.807, 2.05) is 22.6 Å². The van der Waals surface area contributed by atoms with E-state index in [1.165, 1.54) is 36.2 Å². The number of carbonyl (C=O) groups excluding carboxylic acids is 1. The van der Waals surface area contributed by atoms with E-state index in [0.717, 1.165) is 0 Å². The number of aryl methyl sites for hydroxylation is 1. The van der Waals surface area contributed by atoms with Crippen molar-refractivity contribution >= 4 is 44.4 Å². The summed E-state index contributed by atoms with van der Waals surface area (Å²) < 4.78 is 33.4. The van der Waals surface area contributed by atoms with Crippen LogP contribution < -0.4 is 4.72 Å². The molecule has 1 aromatic heterocycles. The van der Waals surface area contributed by atoms with Crippen molar-refractivity contribution in [2.75, 3.05) is 11.8 Å². The van der Waals surface area contributed by atoms with Gasteiger partial charge in [-0.3, -0.25) is 4.72 Å². The lowest BCUT2D eigenvalue weighted by Crippen LogP contribution is -2.16. The molecule has 21 heavy (non-hydrogen) atoms. The monoisotopic (exact) mass is 422 g/mol. The summed E-state index contributed by atoms with van der Waals surface area (Å²) in [7, 11) is -1.06.